The van der Waals surface area contributed by atoms with Crippen LogP contribution in [-0.4, -0.2) is 34.6 Å². The number of hydrogen-bond donors (Lipinski definition) is 5. The van der Waals surface area contributed by atoms with Gasteiger partial charge in [0.05, 0.1) is 19.5 Å². The Hall–Kier alpha value is -1.27. The number of carbonyl (C=O) groups is 1. The zero-order chi connectivity index (χ0) is 9.28. The van der Waals surface area contributed by atoms with Gasteiger partial charge in [-0.05, 0) is 0 Å². The molecular formula is C5H12N2O4. The quantitative estimate of drug-likeness (QED) is 0.316. The summed E-state index contributed by atoms with van der Waals surface area (Å²) in [5, 5.41) is 24.3. The molecular weight excluding hydrogens is 152 g/mol. The molecule has 0 radical (unpaired) electrons. The molecule has 0 aliphatic rings. The number of aliphatic hydroxyl groups excluding tert-OH is 3. The second-order valence-corrected chi connectivity index (χ2v) is 1.51. The highest BCUT2D eigenvalue weighted by Crippen LogP contribution is 1.84. The number of urea groups is 1. The van der Waals surface area contributed by atoms with Crippen LogP contribution < -0.4 is 11.5 Å². The van der Waals surface area contributed by atoms with Gasteiger partial charge in [-0.15, -0.1) is 0 Å². The molecule has 66 valence electrons. The topological polar surface area (TPSA) is 130 Å². The molecule has 0 aromatic rings. The summed E-state index contributed by atoms with van der Waals surface area (Å²) in [5.41, 5.74) is 8.72. The third-order valence-corrected chi connectivity index (χ3v) is 0.589. The van der Waals surface area contributed by atoms with Gasteiger partial charge in [-0.2, -0.15) is 0 Å². The van der Waals surface area contributed by atoms with Gasteiger partial charge in [0, 0.05) is 5.57 Å². The lowest BCUT2D eigenvalue weighted by molar-refractivity contribution is 0.256. The molecule has 0 fully saturated rings. The molecule has 6 heteroatoms. The highest BCUT2D eigenvalue weighted by molar-refractivity contribution is 5.69. The normalized spacial score (nSPS) is 7.45. The van der Waals surface area contributed by atoms with E-state index in [2.05, 4.69) is 11.5 Å². The molecule has 0 aliphatic heterocycles. The van der Waals surface area contributed by atoms with E-state index in [0.717, 1.165) is 0 Å². The van der Waals surface area contributed by atoms with Crippen LogP contribution in [-0.2, 0) is 0 Å². The smallest absolute Gasteiger partial charge is 0.309 e. The first-order valence-electron chi connectivity index (χ1n) is 2.67. The SMILES string of the molecule is NC(N)=O.OC=C(CO)CO. The molecule has 7 N–H and O–H groups in total. The van der Waals surface area contributed by atoms with Crippen LogP contribution in [0.2, 0.25) is 0 Å². The Morgan fingerprint density at radius 1 is 1.27 bits per heavy atom. The molecule has 0 atom stereocenters. The van der Waals surface area contributed by atoms with Gasteiger partial charge in [-0.1, -0.05) is 0 Å². The lowest BCUT2D eigenvalue weighted by Gasteiger charge is -1.90. The van der Waals surface area contributed by atoms with E-state index in [9.17, 15) is 0 Å². The van der Waals surface area contributed by atoms with Crippen molar-refractivity contribution >= 4 is 6.03 Å². The van der Waals surface area contributed by atoms with Crippen LogP contribution in [0.1, 0.15) is 0 Å². The van der Waals surface area contributed by atoms with Crippen LogP contribution >= 0.6 is 0 Å². The van der Waals surface area contributed by atoms with Crippen molar-refractivity contribution in [2.24, 2.45) is 11.5 Å². The lowest BCUT2D eigenvalue weighted by atomic mass is 10.3. The minimum absolute atomic E-state index is 0.222. The van der Waals surface area contributed by atoms with Gasteiger partial charge >= 0.3 is 6.03 Å². The van der Waals surface area contributed by atoms with Crippen molar-refractivity contribution in [1.29, 1.82) is 0 Å². The van der Waals surface area contributed by atoms with Crippen LogP contribution in [0.25, 0.3) is 0 Å². The van der Waals surface area contributed by atoms with Gasteiger partial charge in [-0.25, -0.2) is 4.79 Å². The van der Waals surface area contributed by atoms with Crippen molar-refractivity contribution in [3.05, 3.63) is 11.8 Å². The summed E-state index contributed by atoms with van der Waals surface area (Å²) >= 11 is 0. The van der Waals surface area contributed by atoms with Crippen LogP contribution in [0.4, 0.5) is 4.79 Å². The Balaban J connectivity index is 0. The molecule has 0 rings (SSSR count). The third kappa shape index (κ3) is 17.7. The Bertz CT molecular complexity index is 124. The van der Waals surface area contributed by atoms with Crippen LogP contribution in [0.3, 0.4) is 0 Å². The molecule has 0 spiro atoms. The second kappa shape index (κ2) is 8.73. The standard InChI is InChI=1S/C4H8O3.CH4N2O/c5-1-4(2-6)3-7;2-1(3)4/h1,5-7H,2-3H2;(H4,2,3,4). The summed E-state index contributed by atoms with van der Waals surface area (Å²) in [4.78, 5) is 9.00. The number of amides is 2. The highest BCUT2D eigenvalue weighted by atomic mass is 16.3. The molecule has 0 aromatic carbocycles. The summed E-state index contributed by atoms with van der Waals surface area (Å²) in [6.45, 7) is -0.569. The Kier molecular flexibility index (Phi) is 9.85. The number of nitrogens with two attached hydrogens (primary N) is 2. The number of rotatable bonds is 2. The summed E-state index contributed by atoms with van der Waals surface area (Å²) in [5.74, 6) is 0. The fourth-order valence-corrected chi connectivity index (χ4v) is 0.132. The minimum Gasteiger partial charge on any atom is -0.515 e. The molecule has 0 saturated carbocycles. The van der Waals surface area contributed by atoms with Crippen LogP contribution in [0.5, 0.6) is 0 Å². The Morgan fingerprint density at radius 3 is 1.55 bits per heavy atom. The average molecular weight is 164 g/mol. The van der Waals surface area contributed by atoms with E-state index in [1.54, 1.807) is 0 Å². The van der Waals surface area contributed by atoms with Crippen LogP contribution in [0, 0.1) is 0 Å². The summed E-state index contributed by atoms with van der Waals surface area (Å²) in [7, 11) is 0. The van der Waals surface area contributed by atoms with E-state index >= 15 is 0 Å². The minimum atomic E-state index is -0.833. The van der Waals surface area contributed by atoms with Crippen LogP contribution in [0.15, 0.2) is 11.8 Å². The number of primary amides is 2. The summed E-state index contributed by atoms with van der Waals surface area (Å²) < 4.78 is 0. The van der Waals surface area contributed by atoms with Crippen molar-refractivity contribution < 1.29 is 20.1 Å². The van der Waals surface area contributed by atoms with E-state index in [4.69, 9.17) is 20.1 Å². The average Bonchev–Trinajstić information content (AvgIpc) is 1.90. The first-order valence-corrected chi connectivity index (χ1v) is 2.67. The van der Waals surface area contributed by atoms with Gasteiger partial charge in [0.15, 0.2) is 0 Å². The third-order valence-electron chi connectivity index (χ3n) is 0.589. The van der Waals surface area contributed by atoms with E-state index < -0.39 is 6.03 Å². The lowest BCUT2D eigenvalue weighted by Crippen LogP contribution is -2.18. The number of aliphatic hydroxyl groups is 3. The first kappa shape index (κ1) is 12.4. The van der Waals surface area contributed by atoms with Gasteiger partial charge in [0.2, 0.25) is 0 Å². The maximum Gasteiger partial charge on any atom is 0.309 e. The summed E-state index contributed by atoms with van der Waals surface area (Å²) in [6, 6.07) is -0.833. The predicted octanol–water partition coefficient (Wildman–Crippen LogP) is -1.56. The van der Waals surface area contributed by atoms with Gasteiger partial charge in [0.25, 0.3) is 0 Å². The molecule has 0 saturated heterocycles. The number of carbonyl (C=O) groups excluding carboxylic acids is 1. The van der Waals surface area contributed by atoms with E-state index in [0.29, 0.717) is 6.26 Å². The molecule has 0 aliphatic carbocycles. The van der Waals surface area contributed by atoms with E-state index in [1.807, 2.05) is 0 Å². The van der Waals surface area contributed by atoms with Crippen molar-refractivity contribution in [3.63, 3.8) is 0 Å². The Labute approximate surface area is 63.7 Å². The molecule has 0 unspecified atom stereocenters. The first-order chi connectivity index (χ1) is 5.08. The van der Waals surface area contributed by atoms with Crippen molar-refractivity contribution in [1.82, 2.24) is 0 Å². The summed E-state index contributed by atoms with van der Waals surface area (Å²) in [6.07, 6.45) is 0.694. The Morgan fingerprint density at radius 2 is 1.55 bits per heavy atom. The molecule has 0 aromatic heterocycles. The second-order valence-electron chi connectivity index (χ2n) is 1.51. The van der Waals surface area contributed by atoms with Gasteiger partial charge in [-0.3, -0.25) is 0 Å². The fourth-order valence-electron chi connectivity index (χ4n) is 0.132. The van der Waals surface area contributed by atoms with Gasteiger partial charge in [0.1, 0.15) is 0 Å². The molecule has 2 amide bonds. The number of hydrogen-bond acceptors (Lipinski definition) is 4. The van der Waals surface area contributed by atoms with Gasteiger partial charge < -0.3 is 26.8 Å². The van der Waals surface area contributed by atoms with Crippen molar-refractivity contribution in [3.8, 4) is 0 Å². The molecule has 11 heavy (non-hydrogen) atoms. The zero-order valence-corrected chi connectivity index (χ0v) is 5.90. The monoisotopic (exact) mass is 164 g/mol. The van der Waals surface area contributed by atoms with Crippen molar-refractivity contribution in [2.45, 2.75) is 0 Å². The fraction of sp³-hybridized carbons (Fsp3) is 0.400. The maximum atomic E-state index is 9.00. The van der Waals surface area contributed by atoms with E-state index in [1.165, 1.54) is 0 Å². The molecule has 6 nitrogen and oxygen atoms in total. The van der Waals surface area contributed by atoms with E-state index in [-0.39, 0.29) is 18.8 Å². The maximum absolute atomic E-state index is 9.00. The van der Waals surface area contributed by atoms with Crippen molar-refractivity contribution in [2.75, 3.05) is 13.2 Å². The molecule has 0 bridgehead atoms. The largest absolute Gasteiger partial charge is 0.515 e. The predicted molar refractivity (Wildman–Crippen MR) is 38.7 cm³/mol. The molecule has 0 heterocycles. The highest BCUT2D eigenvalue weighted by Gasteiger charge is 1.87. The zero-order valence-electron chi connectivity index (χ0n) is 5.90.